The maximum Gasteiger partial charge on any atom is 0.238 e. The Morgan fingerprint density at radius 3 is 2.67 bits per heavy atom. The van der Waals surface area contributed by atoms with Crippen molar-refractivity contribution < 1.29 is 4.79 Å². The number of hydrazine groups is 1. The molecule has 2 fully saturated rings. The maximum absolute atomic E-state index is 11.9. The van der Waals surface area contributed by atoms with Crippen LogP contribution in [-0.2, 0) is 4.79 Å². The Kier molecular flexibility index (Phi) is 2.73. The molecular formula is C11H21N3O. The zero-order valence-electron chi connectivity index (χ0n) is 9.92. The fraction of sp³-hybridized carbons (Fsp3) is 0.909. The van der Waals surface area contributed by atoms with Gasteiger partial charge in [-0.25, -0.2) is 5.01 Å². The van der Waals surface area contributed by atoms with Gasteiger partial charge in [-0.15, -0.1) is 0 Å². The molecular weight excluding hydrogens is 190 g/mol. The van der Waals surface area contributed by atoms with Crippen LogP contribution < -0.4 is 5.32 Å². The van der Waals surface area contributed by atoms with Gasteiger partial charge in [-0.05, 0) is 33.7 Å². The normalized spacial score (nSPS) is 29.1. The van der Waals surface area contributed by atoms with Crippen molar-refractivity contribution in [3.05, 3.63) is 0 Å². The summed E-state index contributed by atoms with van der Waals surface area (Å²) in [6.45, 7) is 9.29. The topological polar surface area (TPSA) is 35.6 Å². The van der Waals surface area contributed by atoms with E-state index in [-0.39, 0.29) is 11.4 Å². The van der Waals surface area contributed by atoms with Crippen LogP contribution >= 0.6 is 0 Å². The average Bonchev–Trinajstić information content (AvgIpc) is 2.68. The summed E-state index contributed by atoms with van der Waals surface area (Å²) >= 11 is 0. The largest absolute Gasteiger partial charge is 0.315 e. The molecule has 2 heterocycles. The summed E-state index contributed by atoms with van der Waals surface area (Å²) in [5.74, 6) is 0.273. The smallest absolute Gasteiger partial charge is 0.238 e. The Morgan fingerprint density at radius 2 is 2.13 bits per heavy atom. The number of nitrogens with zero attached hydrogens (tertiary/aromatic N) is 2. The quantitative estimate of drug-likeness (QED) is 0.690. The highest BCUT2D eigenvalue weighted by atomic mass is 16.2. The lowest BCUT2D eigenvalue weighted by atomic mass is 10.1. The summed E-state index contributed by atoms with van der Waals surface area (Å²) in [5.41, 5.74) is -0.0871. The van der Waals surface area contributed by atoms with E-state index in [4.69, 9.17) is 0 Å². The van der Waals surface area contributed by atoms with E-state index in [2.05, 4.69) is 31.1 Å². The first kappa shape index (κ1) is 10.9. The summed E-state index contributed by atoms with van der Waals surface area (Å²) in [6, 6.07) is 0.510. The molecule has 2 aliphatic rings. The van der Waals surface area contributed by atoms with Crippen LogP contribution in [0.15, 0.2) is 0 Å². The molecule has 1 amide bonds. The Hall–Kier alpha value is -0.610. The highest BCUT2D eigenvalue weighted by Gasteiger charge is 2.40. The van der Waals surface area contributed by atoms with Gasteiger partial charge in [0.15, 0.2) is 0 Å². The Labute approximate surface area is 91.6 Å². The molecule has 2 rings (SSSR count). The summed E-state index contributed by atoms with van der Waals surface area (Å²) in [7, 11) is 0. The Morgan fingerprint density at radius 1 is 1.40 bits per heavy atom. The van der Waals surface area contributed by atoms with Gasteiger partial charge in [0.1, 0.15) is 0 Å². The minimum Gasteiger partial charge on any atom is -0.315 e. The van der Waals surface area contributed by atoms with Crippen molar-refractivity contribution in [1.82, 2.24) is 15.3 Å². The number of hydrogen-bond acceptors (Lipinski definition) is 3. The Balaban J connectivity index is 2.13. The van der Waals surface area contributed by atoms with E-state index in [0.29, 0.717) is 12.5 Å². The van der Waals surface area contributed by atoms with E-state index in [1.807, 2.05) is 5.01 Å². The van der Waals surface area contributed by atoms with Crippen LogP contribution in [0.1, 0.15) is 33.6 Å². The van der Waals surface area contributed by atoms with Crippen LogP contribution in [-0.4, -0.2) is 47.1 Å². The fourth-order valence-electron chi connectivity index (χ4n) is 2.56. The molecule has 1 unspecified atom stereocenters. The number of carbonyl (C=O) groups excluding carboxylic acids is 1. The van der Waals surface area contributed by atoms with Crippen molar-refractivity contribution in [2.24, 2.45) is 0 Å². The molecule has 0 bridgehead atoms. The molecule has 2 aliphatic heterocycles. The van der Waals surface area contributed by atoms with Crippen molar-refractivity contribution >= 4 is 5.91 Å². The highest BCUT2D eigenvalue weighted by Crippen LogP contribution is 2.26. The number of nitrogens with one attached hydrogen (secondary N) is 1. The minimum atomic E-state index is -0.0871. The highest BCUT2D eigenvalue weighted by molar-refractivity contribution is 5.78. The molecule has 0 aromatic rings. The van der Waals surface area contributed by atoms with Crippen LogP contribution in [0.5, 0.6) is 0 Å². The molecule has 0 radical (unpaired) electrons. The van der Waals surface area contributed by atoms with Gasteiger partial charge < -0.3 is 5.32 Å². The van der Waals surface area contributed by atoms with Crippen LogP contribution in [0.25, 0.3) is 0 Å². The van der Waals surface area contributed by atoms with E-state index in [1.54, 1.807) is 0 Å². The predicted octanol–water partition coefficient (Wildman–Crippen LogP) is 0.596. The first-order valence-electron chi connectivity index (χ1n) is 5.80. The minimum absolute atomic E-state index is 0.0871. The zero-order valence-corrected chi connectivity index (χ0v) is 9.92. The lowest BCUT2D eigenvalue weighted by Gasteiger charge is -2.41. The molecule has 0 saturated carbocycles. The van der Waals surface area contributed by atoms with Crippen molar-refractivity contribution in [2.75, 3.05) is 19.6 Å². The first-order valence-corrected chi connectivity index (χ1v) is 5.80. The lowest BCUT2D eigenvalue weighted by molar-refractivity contribution is -0.152. The molecule has 15 heavy (non-hydrogen) atoms. The van der Waals surface area contributed by atoms with Crippen LogP contribution in [0.2, 0.25) is 0 Å². The van der Waals surface area contributed by atoms with Gasteiger partial charge in [0, 0.05) is 25.6 Å². The van der Waals surface area contributed by atoms with Crippen molar-refractivity contribution in [3.8, 4) is 0 Å². The monoisotopic (exact) mass is 211 g/mol. The third-order valence-electron chi connectivity index (χ3n) is 3.14. The molecule has 2 saturated heterocycles. The molecule has 4 nitrogen and oxygen atoms in total. The second kappa shape index (κ2) is 3.76. The van der Waals surface area contributed by atoms with Crippen molar-refractivity contribution in [2.45, 2.75) is 45.2 Å². The second-order valence-electron chi connectivity index (χ2n) is 5.44. The number of carbonyl (C=O) groups is 1. The molecule has 1 N–H and O–H groups in total. The van der Waals surface area contributed by atoms with Gasteiger partial charge in [0.25, 0.3) is 0 Å². The van der Waals surface area contributed by atoms with Crippen LogP contribution in [0, 0.1) is 0 Å². The summed E-state index contributed by atoms with van der Waals surface area (Å²) < 4.78 is 0. The van der Waals surface area contributed by atoms with E-state index < -0.39 is 0 Å². The third kappa shape index (κ3) is 2.01. The van der Waals surface area contributed by atoms with Crippen LogP contribution in [0.3, 0.4) is 0 Å². The molecule has 0 aromatic carbocycles. The van der Waals surface area contributed by atoms with E-state index in [1.165, 1.54) is 0 Å². The first-order chi connectivity index (χ1) is 7.00. The second-order valence-corrected chi connectivity index (χ2v) is 5.44. The maximum atomic E-state index is 11.9. The summed E-state index contributed by atoms with van der Waals surface area (Å²) in [4.78, 5) is 11.9. The van der Waals surface area contributed by atoms with Crippen molar-refractivity contribution in [1.29, 1.82) is 0 Å². The molecule has 0 aliphatic carbocycles. The van der Waals surface area contributed by atoms with Gasteiger partial charge in [0.05, 0.1) is 5.54 Å². The fourth-order valence-corrected chi connectivity index (χ4v) is 2.56. The molecule has 1 atom stereocenters. The molecule has 0 aromatic heterocycles. The third-order valence-corrected chi connectivity index (χ3v) is 3.14. The predicted molar refractivity (Wildman–Crippen MR) is 59.2 cm³/mol. The van der Waals surface area contributed by atoms with Gasteiger partial charge >= 0.3 is 0 Å². The number of rotatable bonds is 1. The number of hydrogen-bond donors (Lipinski definition) is 1. The average molecular weight is 211 g/mol. The van der Waals surface area contributed by atoms with Crippen LogP contribution in [0.4, 0.5) is 0 Å². The van der Waals surface area contributed by atoms with Gasteiger partial charge in [-0.2, -0.15) is 0 Å². The number of amides is 1. The standard InChI is InChI=1S/C11H21N3O/c1-11(2,3)14-10(15)5-7-13(14)9-4-6-12-8-9/h9,12H,4-8H2,1-3H3. The summed E-state index contributed by atoms with van der Waals surface area (Å²) in [5, 5.41) is 7.59. The van der Waals surface area contributed by atoms with E-state index in [0.717, 1.165) is 26.1 Å². The van der Waals surface area contributed by atoms with E-state index >= 15 is 0 Å². The molecule has 86 valence electrons. The van der Waals surface area contributed by atoms with E-state index in [9.17, 15) is 4.79 Å². The van der Waals surface area contributed by atoms with Gasteiger partial charge in [-0.3, -0.25) is 9.80 Å². The van der Waals surface area contributed by atoms with Gasteiger partial charge in [-0.1, -0.05) is 0 Å². The van der Waals surface area contributed by atoms with Gasteiger partial charge in [0.2, 0.25) is 5.91 Å². The molecule has 0 spiro atoms. The lowest BCUT2D eigenvalue weighted by Crippen LogP contribution is -2.54. The summed E-state index contributed by atoms with van der Waals surface area (Å²) in [6.07, 6.45) is 1.83. The Bertz CT molecular complexity index is 253. The molecule has 4 heteroatoms. The zero-order chi connectivity index (χ0) is 11.1. The SMILES string of the molecule is CC(C)(C)N1C(=O)CCN1C1CCNC1. The van der Waals surface area contributed by atoms with Crippen molar-refractivity contribution in [3.63, 3.8) is 0 Å².